The molecule has 9 heteroatoms. The molecule has 0 fully saturated rings. The Labute approximate surface area is 208 Å². The Bertz CT molecular complexity index is 1390. The Hall–Kier alpha value is -3.33. The number of ether oxygens (including phenoxy) is 1. The van der Waals surface area contributed by atoms with Crippen molar-refractivity contribution in [3.8, 4) is 11.4 Å². The summed E-state index contributed by atoms with van der Waals surface area (Å²) in [6.45, 7) is 8.36. The first kappa shape index (κ1) is 24.8. The van der Waals surface area contributed by atoms with Crippen molar-refractivity contribution in [2.75, 3.05) is 12.9 Å². The number of thioether (sulfide) groups is 1. The minimum Gasteiger partial charge on any atom is -0.497 e. The molecule has 0 bridgehead atoms. The monoisotopic (exact) mass is 493 g/mol. The van der Waals surface area contributed by atoms with E-state index in [1.54, 1.807) is 29.9 Å². The summed E-state index contributed by atoms with van der Waals surface area (Å²) >= 11 is 1.34. The fraction of sp³-hybridized carbons (Fsp3) is 0.385. The van der Waals surface area contributed by atoms with Crippen molar-refractivity contribution < 1.29 is 9.53 Å². The second kappa shape index (κ2) is 10.5. The minimum atomic E-state index is -0.182. The van der Waals surface area contributed by atoms with E-state index in [1.165, 1.54) is 11.8 Å². The first-order chi connectivity index (χ1) is 16.9. The van der Waals surface area contributed by atoms with Crippen LogP contribution in [0.3, 0.4) is 0 Å². The number of methoxy groups -OCH3 is 1. The molecule has 0 radical (unpaired) electrons. The molecule has 2 unspecified atom stereocenters. The van der Waals surface area contributed by atoms with Crippen LogP contribution in [0.4, 0.5) is 0 Å². The van der Waals surface area contributed by atoms with Gasteiger partial charge in [-0.25, -0.2) is 4.57 Å². The number of carbonyl (C=O) groups is 1. The van der Waals surface area contributed by atoms with Crippen LogP contribution in [0.25, 0.3) is 22.4 Å². The van der Waals surface area contributed by atoms with Gasteiger partial charge >= 0.3 is 0 Å². The average molecular weight is 494 g/mol. The van der Waals surface area contributed by atoms with E-state index in [1.807, 2.05) is 39.6 Å². The highest BCUT2D eigenvalue weighted by Crippen LogP contribution is 2.25. The van der Waals surface area contributed by atoms with Crippen LogP contribution in [0.15, 0.2) is 58.5 Å². The molecule has 0 saturated carbocycles. The molecule has 184 valence electrons. The van der Waals surface area contributed by atoms with Gasteiger partial charge in [-0.2, -0.15) is 0 Å². The lowest BCUT2D eigenvalue weighted by Crippen LogP contribution is -2.45. The van der Waals surface area contributed by atoms with Crippen LogP contribution in [0.2, 0.25) is 0 Å². The lowest BCUT2D eigenvalue weighted by atomic mass is 10.1. The normalized spacial score (nSPS) is 13.2. The Morgan fingerprint density at radius 2 is 1.69 bits per heavy atom. The summed E-state index contributed by atoms with van der Waals surface area (Å²) < 4.78 is 8.66. The Balaban J connectivity index is 1.79. The molecule has 4 rings (SSSR count). The highest BCUT2D eigenvalue weighted by atomic mass is 32.2. The summed E-state index contributed by atoms with van der Waals surface area (Å²) in [5.41, 5.74) is 1.18. The fourth-order valence-electron chi connectivity index (χ4n) is 4.26. The highest BCUT2D eigenvalue weighted by molar-refractivity contribution is 7.99. The second-order valence-corrected chi connectivity index (χ2v) is 9.52. The maximum absolute atomic E-state index is 13.5. The van der Waals surface area contributed by atoms with E-state index in [9.17, 15) is 9.59 Å². The van der Waals surface area contributed by atoms with Gasteiger partial charge in [0, 0.05) is 12.1 Å². The predicted molar refractivity (Wildman–Crippen MR) is 140 cm³/mol. The summed E-state index contributed by atoms with van der Waals surface area (Å²) in [6.07, 6.45) is 1.79. The summed E-state index contributed by atoms with van der Waals surface area (Å²) in [5.74, 6) is 1.41. The van der Waals surface area contributed by atoms with Crippen molar-refractivity contribution in [3.63, 3.8) is 0 Å². The number of rotatable bonds is 9. The third-order valence-electron chi connectivity index (χ3n) is 6.47. The van der Waals surface area contributed by atoms with Gasteiger partial charge < -0.3 is 9.64 Å². The summed E-state index contributed by atoms with van der Waals surface area (Å²) in [5, 5.41) is 9.88. The molecular weight excluding hydrogens is 462 g/mol. The molecule has 8 nitrogen and oxygen atoms in total. The van der Waals surface area contributed by atoms with Crippen LogP contribution < -0.4 is 10.3 Å². The smallest absolute Gasteiger partial charge is 0.267 e. The first-order valence-electron chi connectivity index (χ1n) is 11.9. The number of aromatic nitrogens is 4. The van der Waals surface area contributed by atoms with Crippen molar-refractivity contribution in [1.29, 1.82) is 0 Å². The summed E-state index contributed by atoms with van der Waals surface area (Å²) in [7, 11) is 1.60. The molecule has 2 atom stereocenters. The molecular formula is C26H31N5O3S. The van der Waals surface area contributed by atoms with Crippen molar-refractivity contribution in [1.82, 2.24) is 24.1 Å². The molecule has 0 aliphatic rings. The number of hydrogen-bond donors (Lipinski definition) is 0. The van der Waals surface area contributed by atoms with E-state index >= 15 is 0 Å². The molecule has 0 aliphatic carbocycles. The van der Waals surface area contributed by atoms with E-state index in [0.29, 0.717) is 33.3 Å². The summed E-state index contributed by atoms with van der Waals surface area (Å²) in [4.78, 5) is 28.7. The third kappa shape index (κ3) is 4.65. The number of hydrogen-bond acceptors (Lipinski definition) is 6. The van der Waals surface area contributed by atoms with Crippen molar-refractivity contribution in [2.45, 2.75) is 57.8 Å². The SMILES string of the molecule is CCC(C)N(C(=O)CSc1nnc2n(-c3ccc(OC)cc3)c(=O)c3ccccc3n12)C(C)CC. The first-order valence-corrected chi connectivity index (χ1v) is 12.9. The van der Waals surface area contributed by atoms with Gasteiger partial charge in [-0.1, -0.05) is 37.7 Å². The minimum absolute atomic E-state index is 0.0724. The zero-order valence-electron chi connectivity index (χ0n) is 20.8. The summed E-state index contributed by atoms with van der Waals surface area (Å²) in [6, 6.07) is 15.0. The maximum atomic E-state index is 13.5. The van der Waals surface area contributed by atoms with Crippen LogP contribution >= 0.6 is 11.8 Å². The number of carbonyl (C=O) groups excluding carboxylic acids is 1. The second-order valence-electron chi connectivity index (χ2n) is 8.58. The number of fused-ring (bicyclic) bond motifs is 3. The fourth-order valence-corrected chi connectivity index (χ4v) is 5.07. The number of para-hydroxylation sites is 1. The van der Waals surface area contributed by atoms with E-state index in [2.05, 4.69) is 37.9 Å². The van der Waals surface area contributed by atoms with Crippen molar-refractivity contribution >= 4 is 34.3 Å². The number of amides is 1. The van der Waals surface area contributed by atoms with Gasteiger partial charge in [0.2, 0.25) is 11.7 Å². The Morgan fingerprint density at radius 1 is 1.03 bits per heavy atom. The Morgan fingerprint density at radius 3 is 2.31 bits per heavy atom. The lowest BCUT2D eigenvalue weighted by Gasteiger charge is -2.34. The molecule has 35 heavy (non-hydrogen) atoms. The third-order valence-corrected chi connectivity index (χ3v) is 7.38. The van der Waals surface area contributed by atoms with Gasteiger partial charge in [0.05, 0.1) is 29.5 Å². The molecule has 4 aromatic rings. The largest absolute Gasteiger partial charge is 0.497 e. The van der Waals surface area contributed by atoms with Gasteiger partial charge in [0.15, 0.2) is 5.16 Å². The average Bonchev–Trinajstić information content (AvgIpc) is 3.31. The molecule has 2 heterocycles. The predicted octanol–water partition coefficient (Wildman–Crippen LogP) is 4.56. The van der Waals surface area contributed by atoms with Crippen LogP contribution in [-0.2, 0) is 4.79 Å². The number of benzene rings is 2. The van der Waals surface area contributed by atoms with Crippen LogP contribution in [0, 0.1) is 0 Å². The number of nitrogens with zero attached hydrogens (tertiary/aromatic N) is 5. The maximum Gasteiger partial charge on any atom is 0.267 e. The van der Waals surface area contributed by atoms with Gasteiger partial charge in [-0.15, -0.1) is 10.2 Å². The van der Waals surface area contributed by atoms with Crippen LogP contribution in [-0.4, -0.2) is 54.9 Å². The van der Waals surface area contributed by atoms with E-state index in [0.717, 1.165) is 12.8 Å². The van der Waals surface area contributed by atoms with E-state index in [-0.39, 0.29) is 29.3 Å². The van der Waals surface area contributed by atoms with Gasteiger partial charge in [0.25, 0.3) is 5.56 Å². The van der Waals surface area contributed by atoms with Crippen LogP contribution in [0.1, 0.15) is 40.5 Å². The molecule has 0 aliphatic heterocycles. The molecule has 2 aromatic carbocycles. The zero-order chi connectivity index (χ0) is 25.1. The standard InChI is InChI=1S/C26H31N5O3S/c1-6-17(3)29(18(4)7-2)23(32)16-35-26-28-27-25-30(19-12-14-20(34-5)15-13-19)24(33)21-10-8-9-11-22(21)31(25)26/h8-15,17-18H,6-7,16H2,1-5H3. The zero-order valence-corrected chi connectivity index (χ0v) is 21.6. The Kier molecular flexibility index (Phi) is 7.45. The lowest BCUT2D eigenvalue weighted by molar-refractivity contribution is -0.132. The molecule has 0 spiro atoms. The molecule has 1 amide bonds. The topological polar surface area (TPSA) is 81.7 Å². The highest BCUT2D eigenvalue weighted by Gasteiger charge is 2.25. The molecule has 2 aromatic heterocycles. The molecule has 0 N–H and O–H groups in total. The van der Waals surface area contributed by atoms with Crippen LogP contribution in [0.5, 0.6) is 5.75 Å². The van der Waals surface area contributed by atoms with E-state index < -0.39 is 0 Å². The van der Waals surface area contributed by atoms with Gasteiger partial charge in [0.1, 0.15) is 5.75 Å². The van der Waals surface area contributed by atoms with E-state index in [4.69, 9.17) is 4.74 Å². The molecule has 0 saturated heterocycles. The van der Waals surface area contributed by atoms with Gasteiger partial charge in [-0.05, 0) is 63.1 Å². The quantitative estimate of drug-likeness (QED) is 0.318. The van der Waals surface area contributed by atoms with Crippen molar-refractivity contribution in [2.24, 2.45) is 0 Å². The van der Waals surface area contributed by atoms with Gasteiger partial charge in [-0.3, -0.25) is 14.0 Å². The van der Waals surface area contributed by atoms with Crippen molar-refractivity contribution in [3.05, 3.63) is 58.9 Å².